The molecule has 3 aromatic rings. The van der Waals surface area contributed by atoms with Gasteiger partial charge in [0.1, 0.15) is 11.5 Å². The quantitative estimate of drug-likeness (QED) is 0.339. The largest absolute Gasteiger partial charge is 0.465 e. The van der Waals surface area contributed by atoms with Crippen molar-refractivity contribution in [2.24, 2.45) is 17.6 Å². The molecule has 35 heavy (non-hydrogen) atoms. The Balaban J connectivity index is 1.45. The zero-order chi connectivity index (χ0) is 24.7. The second-order valence-corrected chi connectivity index (χ2v) is 8.89. The number of nitrogens with two attached hydrogens (primary N) is 1. The zero-order valence-electron chi connectivity index (χ0n) is 18.8. The molecule has 5 rings (SSSR count). The Labute approximate surface area is 199 Å². The molecular weight excluding hydrogens is 457 g/mol. The van der Waals surface area contributed by atoms with Gasteiger partial charge in [0, 0.05) is 6.04 Å². The number of halogens is 1. The molecule has 0 saturated heterocycles. The summed E-state index contributed by atoms with van der Waals surface area (Å²) < 4.78 is 15.0. The highest BCUT2D eigenvalue weighted by molar-refractivity contribution is 5.98. The van der Waals surface area contributed by atoms with Crippen molar-refractivity contribution in [3.05, 3.63) is 47.8 Å². The second kappa shape index (κ2) is 8.81. The Morgan fingerprint density at radius 1 is 1.11 bits per heavy atom. The minimum Gasteiger partial charge on any atom is -0.465 e. The number of aromatic nitrogens is 5. The molecule has 3 aromatic heterocycles. The van der Waals surface area contributed by atoms with Crippen LogP contribution in [0, 0.1) is 24.6 Å². The molecule has 13 heteroatoms. The lowest BCUT2D eigenvalue weighted by atomic mass is 9.90. The van der Waals surface area contributed by atoms with Gasteiger partial charge in [-0.05, 0) is 50.2 Å². The first-order valence-corrected chi connectivity index (χ1v) is 11.1. The van der Waals surface area contributed by atoms with E-state index in [2.05, 4.69) is 36.1 Å². The average Bonchev–Trinajstić information content (AvgIpc) is 3.33. The molecule has 0 bridgehead atoms. The van der Waals surface area contributed by atoms with Crippen LogP contribution in [0.2, 0.25) is 0 Å². The van der Waals surface area contributed by atoms with Crippen LogP contribution < -0.4 is 21.7 Å². The maximum atomic E-state index is 15.0. The third-order valence-corrected chi connectivity index (χ3v) is 6.50. The van der Waals surface area contributed by atoms with E-state index in [-0.39, 0.29) is 29.3 Å². The first-order chi connectivity index (χ1) is 16.8. The number of anilines is 3. The number of pyridine rings is 2. The number of carboxylic acid groups (broad SMARTS) is 1. The van der Waals surface area contributed by atoms with Crippen molar-refractivity contribution < 1.29 is 19.1 Å². The van der Waals surface area contributed by atoms with E-state index in [1.165, 1.54) is 23.4 Å². The smallest absolute Gasteiger partial charge is 0.404 e. The van der Waals surface area contributed by atoms with E-state index in [1.54, 1.807) is 13.0 Å². The van der Waals surface area contributed by atoms with E-state index in [1.807, 2.05) is 0 Å². The lowest BCUT2D eigenvalue weighted by Gasteiger charge is -2.32. The predicted octanol–water partition coefficient (Wildman–Crippen LogP) is 2.19. The molecule has 182 valence electrons. The van der Waals surface area contributed by atoms with E-state index in [4.69, 9.17) is 5.73 Å². The van der Waals surface area contributed by atoms with Gasteiger partial charge in [-0.1, -0.05) is 0 Å². The van der Waals surface area contributed by atoms with Crippen molar-refractivity contribution in [3.8, 4) is 5.69 Å². The molecule has 12 nitrogen and oxygen atoms in total. The Morgan fingerprint density at radius 3 is 2.51 bits per heavy atom. The van der Waals surface area contributed by atoms with Gasteiger partial charge in [0.15, 0.2) is 11.6 Å². The first-order valence-electron chi connectivity index (χ1n) is 11.1. The molecule has 2 unspecified atom stereocenters. The van der Waals surface area contributed by atoms with E-state index < -0.39 is 17.8 Å². The standard InChI is InChI=1S/C22H24FN9O3/c1-10-18(32-26-2-3-27-32)7-13(9-25-10)28-20-14(19(24)33)8-15(23)21(31-20)29-16-5-11-4-12(11)6-17(16)30-22(34)35/h2-3,7-9,11-12,16-17,30H,4-6H2,1H3,(H2,24,33)(H,34,35)(H2,28,29,31)/t11?,12?,16-,17-/m0/s1. The Kier molecular flexibility index (Phi) is 5.67. The van der Waals surface area contributed by atoms with Crippen LogP contribution >= 0.6 is 0 Å². The molecule has 0 aliphatic heterocycles. The van der Waals surface area contributed by atoms with Crippen molar-refractivity contribution in [1.29, 1.82) is 0 Å². The third-order valence-electron chi connectivity index (χ3n) is 6.50. The molecule has 6 N–H and O–H groups in total. The van der Waals surface area contributed by atoms with Gasteiger partial charge >= 0.3 is 6.09 Å². The van der Waals surface area contributed by atoms with Crippen LogP contribution in [0.4, 0.5) is 26.5 Å². The minimum atomic E-state index is -1.13. The summed E-state index contributed by atoms with van der Waals surface area (Å²) in [6.07, 6.45) is 5.88. The molecule has 2 aliphatic rings. The van der Waals surface area contributed by atoms with Crippen molar-refractivity contribution in [2.75, 3.05) is 10.6 Å². The maximum Gasteiger partial charge on any atom is 0.404 e. The minimum absolute atomic E-state index is 0.0364. The van der Waals surface area contributed by atoms with Gasteiger partial charge in [0.05, 0.1) is 41.6 Å². The summed E-state index contributed by atoms with van der Waals surface area (Å²) in [4.78, 5) is 33.3. The number of carbonyl (C=O) groups excluding carboxylic acids is 1. The summed E-state index contributed by atoms with van der Waals surface area (Å²) >= 11 is 0. The molecule has 4 atom stereocenters. The number of carbonyl (C=O) groups is 2. The maximum absolute atomic E-state index is 15.0. The number of primary amides is 1. The number of nitrogens with one attached hydrogen (secondary N) is 3. The third kappa shape index (κ3) is 4.69. The van der Waals surface area contributed by atoms with Gasteiger partial charge in [-0.15, -0.1) is 4.80 Å². The Bertz CT molecular complexity index is 1280. The molecular formula is C22H24FN9O3. The number of fused-ring (bicyclic) bond motifs is 1. The predicted molar refractivity (Wildman–Crippen MR) is 123 cm³/mol. The SMILES string of the molecule is Cc1ncc(Nc2nc(N[C@H]3CC4CC4C[C@@H]3NC(=O)O)c(F)cc2C(N)=O)cc1-n1nccn1. The van der Waals surface area contributed by atoms with Crippen molar-refractivity contribution in [1.82, 2.24) is 30.3 Å². The topological polar surface area (TPSA) is 173 Å². The lowest BCUT2D eigenvalue weighted by Crippen LogP contribution is -2.49. The van der Waals surface area contributed by atoms with Gasteiger partial charge < -0.3 is 26.8 Å². The molecule has 0 radical (unpaired) electrons. The van der Waals surface area contributed by atoms with Crippen LogP contribution in [0.5, 0.6) is 0 Å². The lowest BCUT2D eigenvalue weighted by molar-refractivity contribution is 0.1000. The number of nitrogens with zero attached hydrogens (tertiary/aromatic N) is 5. The van der Waals surface area contributed by atoms with Crippen LogP contribution in [-0.2, 0) is 0 Å². The van der Waals surface area contributed by atoms with E-state index >= 15 is 0 Å². The summed E-state index contributed by atoms with van der Waals surface area (Å²) in [7, 11) is 0. The van der Waals surface area contributed by atoms with Crippen molar-refractivity contribution in [3.63, 3.8) is 0 Å². The molecule has 2 saturated carbocycles. The fourth-order valence-electron chi connectivity index (χ4n) is 4.66. The summed E-state index contributed by atoms with van der Waals surface area (Å²) in [5.74, 6) is -0.715. The number of hydrogen-bond donors (Lipinski definition) is 5. The molecule has 0 aromatic carbocycles. The van der Waals surface area contributed by atoms with Gasteiger partial charge in [-0.3, -0.25) is 9.78 Å². The van der Waals surface area contributed by atoms with Crippen LogP contribution in [0.1, 0.15) is 35.3 Å². The number of aryl methyl sites for hydroxylation is 1. The normalized spacial score (nSPS) is 22.7. The van der Waals surface area contributed by atoms with Crippen molar-refractivity contribution in [2.45, 2.75) is 38.3 Å². The highest BCUT2D eigenvalue weighted by Gasteiger charge is 2.47. The molecule has 3 heterocycles. The van der Waals surface area contributed by atoms with E-state index in [9.17, 15) is 19.1 Å². The van der Waals surface area contributed by atoms with Crippen LogP contribution in [0.3, 0.4) is 0 Å². The summed E-state index contributed by atoms with van der Waals surface area (Å²) in [6.45, 7) is 1.80. The van der Waals surface area contributed by atoms with E-state index in [0.717, 1.165) is 12.5 Å². The number of amides is 2. The molecule has 2 fully saturated rings. The van der Waals surface area contributed by atoms with E-state index in [0.29, 0.717) is 41.7 Å². The summed E-state index contributed by atoms with van der Waals surface area (Å²) in [5.41, 5.74) is 7.07. The second-order valence-electron chi connectivity index (χ2n) is 8.89. The van der Waals surface area contributed by atoms with Gasteiger partial charge in [-0.2, -0.15) is 10.2 Å². The fourth-order valence-corrected chi connectivity index (χ4v) is 4.66. The number of rotatable bonds is 7. The summed E-state index contributed by atoms with van der Waals surface area (Å²) in [6, 6.07) is 2.00. The monoisotopic (exact) mass is 481 g/mol. The zero-order valence-corrected chi connectivity index (χ0v) is 18.8. The molecule has 2 amide bonds. The Hall–Kier alpha value is -4.29. The van der Waals surface area contributed by atoms with Gasteiger partial charge in [0.25, 0.3) is 5.91 Å². The molecule has 2 aliphatic carbocycles. The molecule has 0 spiro atoms. The fraction of sp³-hybridized carbons (Fsp3) is 0.364. The highest BCUT2D eigenvalue weighted by Crippen LogP contribution is 2.50. The summed E-state index contributed by atoms with van der Waals surface area (Å²) in [5, 5.41) is 26.0. The van der Waals surface area contributed by atoms with Crippen molar-refractivity contribution >= 4 is 29.3 Å². The van der Waals surface area contributed by atoms with Gasteiger partial charge in [0.2, 0.25) is 0 Å². The van der Waals surface area contributed by atoms with Crippen LogP contribution in [0.25, 0.3) is 5.69 Å². The van der Waals surface area contributed by atoms with Gasteiger partial charge in [-0.25, -0.2) is 14.2 Å². The Morgan fingerprint density at radius 2 is 1.83 bits per heavy atom. The highest BCUT2D eigenvalue weighted by atomic mass is 19.1. The number of hydrogen-bond acceptors (Lipinski definition) is 8. The van der Waals surface area contributed by atoms with Crippen LogP contribution in [-0.4, -0.2) is 54.2 Å². The average molecular weight is 481 g/mol. The van der Waals surface area contributed by atoms with Crippen LogP contribution in [0.15, 0.2) is 30.7 Å². The first kappa shape index (κ1) is 22.5.